The Hall–Kier alpha value is -1.94. The van der Waals surface area contributed by atoms with E-state index in [0.717, 1.165) is 23.3 Å². The van der Waals surface area contributed by atoms with Gasteiger partial charge in [0.25, 0.3) is 15.6 Å². The van der Waals surface area contributed by atoms with Gasteiger partial charge in [0.1, 0.15) is 6.54 Å². The molecule has 0 amide bonds. The number of H-pyrrole nitrogens is 2. The molecule has 1 fully saturated rings. The summed E-state index contributed by atoms with van der Waals surface area (Å²) < 4.78 is 25.8. The number of carbonyl (C=O) groups is 1. The fourth-order valence-electron chi connectivity index (χ4n) is 2.45. The van der Waals surface area contributed by atoms with Crippen LogP contribution in [0.4, 0.5) is 0 Å². The van der Waals surface area contributed by atoms with Gasteiger partial charge in [0.15, 0.2) is 4.90 Å². The minimum Gasteiger partial charge on any atom is -0.480 e. The number of hydrogen-bond acceptors (Lipinski definition) is 5. The number of carboxylic acid groups (broad SMARTS) is 1. The van der Waals surface area contributed by atoms with Crippen molar-refractivity contribution in [3.63, 3.8) is 0 Å². The molecular formula is C11H15N3O6S. The summed E-state index contributed by atoms with van der Waals surface area (Å²) in [5.74, 6) is -1.30. The molecule has 21 heavy (non-hydrogen) atoms. The summed E-state index contributed by atoms with van der Waals surface area (Å²) in [6, 6.07) is -0.447. The van der Waals surface area contributed by atoms with Crippen LogP contribution in [0, 0.1) is 0 Å². The van der Waals surface area contributed by atoms with E-state index in [-0.39, 0.29) is 0 Å². The largest absolute Gasteiger partial charge is 0.480 e. The predicted molar refractivity (Wildman–Crippen MR) is 71.5 cm³/mol. The van der Waals surface area contributed by atoms with Gasteiger partial charge in [-0.15, -0.1) is 0 Å². The number of hydrogen-bond donors (Lipinski definition) is 3. The van der Waals surface area contributed by atoms with E-state index in [1.54, 1.807) is 0 Å². The lowest BCUT2D eigenvalue weighted by atomic mass is 10.2. The normalized spacial score (nSPS) is 16.4. The Morgan fingerprint density at radius 3 is 2.48 bits per heavy atom. The van der Waals surface area contributed by atoms with E-state index in [1.165, 1.54) is 0 Å². The summed E-state index contributed by atoms with van der Waals surface area (Å²) in [4.78, 5) is 36.8. The maximum absolute atomic E-state index is 12.5. The lowest BCUT2D eigenvalue weighted by Gasteiger charge is -2.25. The molecule has 0 unspecified atom stereocenters. The van der Waals surface area contributed by atoms with E-state index in [0.29, 0.717) is 12.8 Å². The van der Waals surface area contributed by atoms with Gasteiger partial charge < -0.3 is 10.1 Å². The number of carboxylic acids is 1. The Bertz CT molecular complexity index is 744. The minimum atomic E-state index is -4.29. The maximum atomic E-state index is 12.5. The van der Waals surface area contributed by atoms with Crippen LogP contribution in [0.2, 0.25) is 0 Å². The van der Waals surface area contributed by atoms with Gasteiger partial charge in [-0.2, -0.15) is 4.31 Å². The highest BCUT2D eigenvalue weighted by Gasteiger charge is 2.36. The molecule has 0 atom stereocenters. The van der Waals surface area contributed by atoms with E-state index < -0.39 is 44.7 Å². The molecule has 1 aliphatic rings. The lowest BCUT2D eigenvalue weighted by molar-refractivity contribution is -0.137. The van der Waals surface area contributed by atoms with Crippen LogP contribution in [0.25, 0.3) is 0 Å². The van der Waals surface area contributed by atoms with Crippen molar-refractivity contribution in [1.29, 1.82) is 0 Å². The molecule has 1 heterocycles. The smallest absolute Gasteiger partial charge is 0.325 e. The van der Waals surface area contributed by atoms with Gasteiger partial charge in [-0.05, 0) is 12.8 Å². The number of nitrogens with zero attached hydrogens (tertiary/aromatic N) is 1. The molecule has 1 saturated carbocycles. The van der Waals surface area contributed by atoms with Crippen molar-refractivity contribution in [2.24, 2.45) is 0 Å². The first kappa shape index (κ1) is 15.4. The average molecular weight is 317 g/mol. The van der Waals surface area contributed by atoms with Crippen molar-refractivity contribution in [1.82, 2.24) is 14.3 Å². The van der Waals surface area contributed by atoms with E-state index in [1.807, 2.05) is 4.98 Å². The lowest BCUT2D eigenvalue weighted by Crippen LogP contribution is -2.44. The van der Waals surface area contributed by atoms with Crippen molar-refractivity contribution in [3.8, 4) is 0 Å². The molecule has 0 saturated heterocycles. The summed E-state index contributed by atoms with van der Waals surface area (Å²) in [6.45, 7) is -0.717. The Balaban J connectivity index is 2.48. The second-order valence-electron chi connectivity index (χ2n) is 4.82. The third-order valence-electron chi connectivity index (χ3n) is 3.39. The van der Waals surface area contributed by atoms with Crippen molar-refractivity contribution >= 4 is 16.0 Å². The van der Waals surface area contributed by atoms with Gasteiger partial charge in [-0.1, -0.05) is 12.8 Å². The standard InChI is InChI=1S/C11H15N3O6S/c15-9(16)6-14(7-3-1-2-4-7)21(19,20)8-5-12-11(18)13-10(8)17/h5,7H,1-4,6H2,(H,15,16)(H2,12,13,17,18). The van der Waals surface area contributed by atoms with Gasteiger partial charge in [-0.3, -0.25) is 14.6 Å². The molecule has 1 aliphatic carbocycles. The van der Waals surface area contributed by atoms with Gasteiger partial charge in [-0.25, -0.2) is 13.2 Å². The van der Waals surface area contributed by atoms with Crippen LogP contribution < -0.4 is 11.2 Å². The number of aromatic amines is 2. The second-order valence-corrected chi connectivity index (χ2v) is 6.68. The zero-order chi connectivity index (χ0) is 15.6. The molecule has 0 radical (unpaired) electrons. The minimum absolute atomic E-state index is 0.447. The molecule has 0 aliphatic heterocycles. The second kappa shape index (κ2) is 5.82. The van der Waals surface area contributed by atoms with Crippen LogP contribution in [0.1, 0.15) is 25.7 Å². The van der Waals surface area contributed by atoms with Crippen LogP contribution in [0.15, 0.2) is 20.7 Å². The average Bonchev–Trinajstić information content (AvgIpc) is 2.88. The number of aromatic nitrogens is 2. The highest BCUT2D eigenvalue weighted by molar-refractivity contribution is 7.89. The molecule has 1 aromatic heterocycles. The third-order valence-corrected chi connectivity index (χ3v) is 5.30. The topological polar surface area (TPSA) is 140 Å². The molecular weight excluding hydrogens is 302 g/mol. The van der Waals surface area contributed by atoms with Gasteiger partial charge in [0.2, 0.25) is 0 Å². The Morgan fingerprint density at radius 1 is 1.33 bits per heavy atom. The summed E-state index contributed by atoms with van der Waals surface area (Å²) in [7, 11) is -4.29. The first-order valence-electron chi connectivity index (χ1n) is 6.38. The first-order valence-corrected chi connectivity index (χ1v) is 7.82. The number of aliphatic carboxylic acids is 1. The molecule has 1 aromatic rings. The Morgan fingerprint density at radius 2 is 1.95 bits per heavy atom. The molecule has 0 aromatic carbocycles. The Labute approximate surface area is 119 Å². The summed E-state index contributed by atoms with van der Waals surface area (Å²) in [6.07, 6.45) is 3.50. The molecule has 116 valence electrons. The van der Waals surface area contributed by atoms with E-state index in [2.05, 4.69) is 4.98 Å². The summed E-state index contributed by atoms with van der Waals surface area (Å²) in [5.41, 5.74) is -1.89. The van der Waals surface area contributed by atoms with Crippen molar-refractivity contribution in [2.45, 2.75) is 36.6 Å². The highest BCUT2D eigenvalue weighted by Crippen LogP contribution is 2.27. The predicted octanol–water partition coefficient (Wildman–Crippen LogP) is -0.919. The zero-order valence-electron chi connectivity index (χ0n) is 11.0. The van der Waals surface area contributed by atoms with Crippen LogP contribution in [-0.4, -0.2) is 46.4 Å². The van der Waals surface area contributed by atoms with Crippen molar-refractivity contribution in [3.05, 3.63) is 27.0 Å². The number of nitrogens with one attached hydrogen (secondary N) is 2. The molecule has 9 nitrogen and oxygen atoms in total. The van der Waals surface area contributed by atoms with E-state index in [9.17, 15) is 22.8 Å². The van der Waals surface area contributed by atoms with Crippen LogP contribution in [-0.2, 0) is 14.8 Å². The zero-order valence-corrected chi connectivity index (χ0v) is 11.9. The Kier molecular flexibility index (Phi) is 4.28. The quantitative estimate of drug-likeness (QED) is 0.641. The SMILES string of the molecule is O=C(O)CN(C1CCCC1)S(=O)(=O)c1c[nH]c(=O)[nH]c1=O. The van der Waals surface area contributed by atoms with Gasteiger partial charge in [0, 0.05) is 12.2 Å². The summed E-state index contributed by atoms with van der Waals surface area (Å²) >= 11 is 0. The number of sulfonamides is 1. The molecule has 2 rings (SSSR count). The van der Waals surface area contributed by atoms with Crippen LogP contribution in [0.5, 0.6) is 0 Å². The van der Waals surface area contributed by atoms with Crippen molar-refractivity contribution < 1.29 is 18.3 Å². The van der Waals surface area contributed by atoms with Crippen LogP contribution >= 0.6 is 0 Å². The fraction of sp³-hybridized carbons (Fsp3) is 0.545. The molecule has 10 heteroatoms. The third kappa shape index (κ3) is 3.22. The fourth-order valence-corrected chi connectivity index (χ4v) is 4.08. The first-order chi connectivity index (χ1) is 9.82. The number of rotatable bonds is 5. The highest BCUT2D eigenvalue weighted by atomic mass is 32.2. The van der Waals surface area contributed by atoms with E-state index in [4.69, 9.17) is 5.11 Å². The van der Waals surface area contributed by atoms with Gasteiger partial charge in [0.05, 0.1) is 0 Å². The van der Waals surface area contributed by atoms with E-state index >= 15 is 0 Å². The molecule has 0 bridgehead atoms. The maximum Gasteiger partial charge on any atom is 0.325 e. The van der Waals surface area contributed by atoms with Gasteiger partial charge >= 0.3 is 11.7 Å². The monoisotopic (exact) mass is 317 g/mol. The molecule has 3 N–H and O–H groups in total. The summed E-state index contributed by atoms with van der Waals surface area (Å²) in [5, 5.41) is 8.92. The molecule has 0 spiro atoms. The van der Waals surface area contributed by atoms with Crippen LogP contribution in [0.3, 0.4) is 0 Å². The van der Waals surface area contributed by atoms with Crippen molar-refractivity contribution in [2.75, 3.05) is 6.54 Å².